The Morgan fingerprint density at radius 2 is 1.69 bits per heavy atom. The van der Waals surface area contributed by atoms with Gasteiger partial charge < -0.3 is 14.8 Å². The fraction of sp³-hybridized carbons (Fsp3) is 1.00. The van der Waals surface area contributed by atoms with E-state index in [1.165, 1.54) is 0 Å². The fourth-order valence-corrected chi connectivity index (χ4v) is 1.92. The summed E-state index contributed by atoms with van der Waals surface area (Å²) in [7, 11) is 0. The van der Waals surface area contributed by atoms with Crippen LogP contribution < -0.4 is 5.32 Å². The quantitative estimate of drug-likeness (QED) is 0.664. The predicted molar refractivity (Wildman–Crippen MR) is 50.5 cm³/mol. The lowest BCUT2D eigenvalue weighted by Gasteiger charge is -2.22. The summed E-state index contributed by atoms with van der Waals surface area (Å²) in [5.74, 6) is 0. The first kappa shape index (κ1) is 9.44. The average molecular weight is 185 g/mol. The van der Waals surface area contributed by atoms with E-state index in [0.29, 0.717) is 12.2 Å². The minimum absolute atomic E-state index is 0.0251. The number of hydrogen-bond acceptors (Lipinski definition) is 3. The Morgan fingerprint density at radius 1 is 1.15 bits per heavy atom. The van der Waals surface area contributed by atoms with Gasteiger partial charge in [0, 0.05) is 19.5 Å². The summed E-state index contributed by atoms with van der Waals surface area (Å²) >= 11 is 0. The normalized spacial score (nSPS) is 39.5. The van der Waals surface area contributed by atoms with Crippen molar-refractivity contribution >= 4 is 0 Å². The van der Waals surface area contributed by atoms with E-state index in [-0.39, 0.29) is 11.7 Å². The summed E-state index contributed by atoms with van der Waals surface area (Å²) in [4.78, 5) is 0. The monoisotopic (exact) mass is 185 g/mol. The van der Waals surface area contributed by atoms with Crippen molar-refractivity contribution in [2.45, 2.75) is 45.7 Å². The zero-order chi connectivity index (χ0) is 9.47. The number of hydrogen-bond donors (Lipinski definition) is 1. The molecule has 2 atom stereocenters. The van der Waals surface area contributed by atoms with Crippen LogP contribution >= 0.6 is 0 Å². The standard InChI is InChI=1S/C10H19NO2/c1-10(2,3)4-9-12-7-5-11-6-8(7)13-9/h7-9,11H,4-6H2,1-3H3. The van der Waals surface area contributed by atoms with Gasteiger partial charge in [-0.1, -0.05) is 20.8 Å². The molecule has 1 N–H and O–H groups in total. The summed E-state index contributed by atoms with van der Waals surface area (Å²) < 4.78 is 11.6. The van der Waals surface area contributed by atoms with Gasteiger partial charge in [0.2, 0.25) is 0 Å². The second-order valence-electron chi connectivity index (χ2n) is 5.20. The molecule has 0 bridgehead atoms. The van der Waals surface area contributed by atoms with Gasteiger partial charge in [-0.25, -0.2) is 0 Å². The minimum atomic E-state index is 0.0251. The van der Waals surface area contributed by atoms with Crippen LogP contribution in [0.1, 0.15) is 27.2 Å². The molecule has 0 radical (unpaired) electrons. The number of rotatable bonds is 1. The third-order valence-corrected chi connectivity index (χ3v) is 2.54. The lowest BCUT2D eigenvalue weighted by molar-refractivity contribution is -0.0904. The molecule has 2 unspecified atom stereocenters. The van der Waals surface area contributed by atoms with Crippen molar-refractivity contribution in [1.82, 2.24) is 5.32 Å². The third kappa shape index (κ3) is 2.22. The smallest absolute Gasteiger partial charge is 0.159 e. The van der Waals surface area contributed by atoms with Gasteiger partial charge in [0.1, 0.15) is 12.2 Å². The second-order valence-corrected chi connectivity index (χ2v) is 5.20. The van der Waals surface area contributed by atoms with E-state index in [1.807, 2.05) is 0 Å². The van der Waals surface area contributed by atoms with Crippen LogP contribution in [0.2, 0.25) is 0 Å². The Labute approximate surface area is 79.8 Å². The molecule has 2 aliphatic heterocycles. The molecule has 0 amide bonds. The molecule has 0 aliphatic carbocycles. The molecular formula is C10H19NO2. The Kier molecular flexibility index (Phi) is 2.34. The van der Waals surface area contributed by atoms with E-state index in [0.717, 1.165) is 19.5 Å². The Bertz CT molecular complexity index is 176. The van der Waals surface area contributed by atoms with E-state index in [9.17, 15) is 0 Å². The van der Waals surface area contributed by atoms with Gasteiger partial charge in [-0.3, -0.25) is 0 Å². The molecule has 0 aromatic heterocycles. The van der Waals surface area contributed by atoms with Gasteiger partial charge in [-0.05, 0) is 5.41 Å². The average Bonchev–Trinajstić information content (AvgIpc) is 2.40. The van der Waals surface area contributed by atoms with Crippen LogP contribution in [0.3, 0.4) is 0 Å². The van der Waals surface area contributed by atoms with E-state index >= 15 is 0 Å². The van der Waals surface area contributed by atoms with E-state index in [1.54, 1.807) is 0 Å². The van der Waals surface area contributed by atoms with Crippen LogP contribution in [-0.2, 0) is 9.47 Å². The fourth-order valence-electron chi connectivity index (χ4n) is 1.92. The largest absolute Gasteiger partial charge is 0.345 e. The predicted octanol–water partition coefficient (Wildman–Crippen LogP) is 1.14. The highest BCUT2D eigenvalue weighted by atomic mass is 16.7. The number of ether oxygens (including phenoxy) is 2. The van der Waals surface area contributed by atoms with Crippen LogP contribution in [-0.4, -0.2) is 31.6 Å². The third-order valence-electron chi connectivity index (χ3n) is 2.54. The first-order valence-electron chi connectivity index (χ1n) is 5.06. The zero-order valence-corrected chi connectivity index (χ0v) is 8.67. The Balaban J connectivity index is 1.85. The van der Waals surface area contributed by atoms with Crippen LogP contribution in [0, 0.1) is 5.41 Å². The van der Waals surface area contributed by atoms with Crippen molar-refractivity contribution in [3.05, 3.63) is 0 Å². The second kappa shape index (κ2) is 3.23. The van der Waals surface area contributed by atoms with Crippen molar-refractivity contribution in [1.29, 1.82) is 0 Å². The molecule has 2 saturated heterocycles. The molecule has 2 aliphatic rings. The molecule has 2 heterocycles. The highest BCUT2D eigenvalue weighted by Crippen LogP contribution is 2.30. The highest BCUT2D eigenvalue weighted by Gasteiger charge is 2.40. The molecular weight excluding hydrogens is 166 g/mol. The zero-order valence-electron chi connectivity index (χ0n) is 8.67. The van der Waals surface area contributed by atoms with Crippen molar-refractivity contribution in [3.63, 3.8) is 0 Å². The van der Waals surface area contributed by atoms with E-state index < -0.39 is 0 Å². The Hall–Kier alpha value is -0.120. The van der Waals surface area contributed by atoms with Crippen molar-refractivity contribution in [2.24, 2.45) is 5.41 Å². The van der Waals surface area contributed by atoms with Gasteiger partial charge in [-0.2, -0.15) is 0 Å². The van der Waals surface area contributed by atoms with Crippen LogP contribution in [0.5, 0.6) is 0 Å². The number of fused-ring (bicyclic) bond motifs is 1. The maximum atomic E-state index is 5.78. The van der Waals surface area contributed by atoms with Crippen LogP contribution in [0.4, 0.5) is 0 Å². The summed E-state index contributed by atoms with van der Waals surface area (Å²) in [6, 6.07) is 0. The Morgan fingerprint density at radius 3 is 2.15 bits per heavy atom. The maximum absolute atomic E-state index is 5.78. The summed E-state index contributed by atoms with van der Waals surface area (Å²) in [6.07, 6.45) is 1.61. The summed E-state index contributed by atoms with van der Waals surface area (Å²) in [6.45, 7) is 8.54. The first-order chi connectivity index (χ1) is 6.04. The number of nitrogens with one attached hydrogen (secondary N) is 1. The lowest BCUT2D eigenvalue weighted by Crippen LogP contribution is -2.23. The topological polar surface area (TPSA) is 30.5 Å². The SMILES string of the molecule is CC(C)(C)CC1OC2CNCC2O1. The van der Waals surface area contributed by atoms with Crippen LogP contribution in [0.25, 0.3) is 0 Å². The van der Waals surface area contributed by atoms with Crippen LogP contribution in [0.15, 0.2) is 0 Å². The van der Waals surface area contributed by atoms with Gasteiger partial charge in [0.15, 0.2) is 6.29 Å². The minimum Gasteiger partial charge on any atom is -0.345 e. The molecule has 13 heavy (non-hydrogen) atoms. The lowest BCUT2D eigenvalue weighted by atomic mass is 9.92. The summed E-state index contributed by atoms with van der Waals surface area (Å²) in [5.41, 5.74) is 0.288. The van der Waals surface area contributed by atoms with Crippen molar-refractivity contribution < 1.29 is 9.47 Å². The first-order valence-corrected chi connectivity index (χ1v) is 5.06. The summed E-state index contributed by atoms with van der Waals surface area (Å²) in [5, 5.41) is 3.26. The van der Waals surface area contributed by atoms with Crippen molar-refractivity contribution in [3.8, 4) is 0 Å². The molecule has 0 aromatic carbocycles. The molecule has 0 spiro atoms. The van der Waals surface area contributed by atoms with Gasteiger partial charge in [0.05, 0.1) is 0 Å². The van der Waals surface area contributed by atoms with Gasteiger partial charge in [-0.15, -0.1) is 0 Å². The van der Waals surface area contributed by atoms with E-state index in [2.05, 4.69) is 26.1 Å². The van der Waals surface area contributed by atoms with E-state index in [4.69, 9.17) is 9.47 Å². The molecule has 3 heteroatoms. The molecule has 0 saturated carbocycles. The maximum Gasteiger partial charge on any atom is 0.159 e. The van der Waals surface area contributed by atoms with Crippen molar-refractivity contribution in [2.75, 3.05) is 13.1 Å². The molecule has 76 valence electrons. The molecule has 3 nitrogen and oxygen atoms in total. The molecule has 2 rings (SSSR count). The van der Waals surface area contributed by atoms with Gasteiger partial charge in [0.25, 0.3) is 0 Å². The molecule has 0 aromatic rings. The molecule has 2 fully saturated rings. The highest BCUT2D eigenvalue weighted by molar-refractivity contribution is 4.88. The van der Waals surface area contributed by atoms with Gasteiger partial charge >= 0.3 is 0 Å².